The van der Waals surface area contributed by atoms with Gasteiger partial charge in [-0.15, -0.1) is 0 Å². The number of rotatable bonds is 6. The summed E-state index contributed by atoms with van der Waals surface area (Å²) in [7, 11) is 1.63. The van der Waals surface area contributed by atoms with Gasteiger partial charge in [-0.1, -0.05) is 29.8 Å². The smallest absolute Gasteiger partial charge is 0.270 e. The van der Waals surface area contributed by atoms with Crippen molar-refractivity contribution in [3.05, 3.63) is 82.7 Å². The largest absolute Gasteiger partial charge is 0.497 e. The Morgan fingerprint density at radius 1 is 1.00 bits per heavy atom. The number of amides is 1. The number of benzene rings is 2. The lowest BCUT2D eigenvalue weighted by atomic mass is 10.0. The Morgan fingerprint density at radius 3 is 2.32 bits per heavy atom. The number of methoxy groups -OCH3 is 1. The molecule has 0 aliphatic carbocycles. The normalized spacial score (nSPS) is 10.4. The van der Waals surface area contributed by atoms with Crippen LogP contribution in [-0.4, -0.2) is 18.0 Å². The first-order valence-electron chi connectivity index (χ1n) is 9.18. The van der Waals surface area contributed by atoms with Crippen LogP contribution in [0.3, 0.4) is 0 Å². The molecule has 5 heteroatoms. The Kier molecular flexibility index (Phi) is 5.94. The summed E-state index contributed by atoms with van der Waals surface area (Å²) in [4.78, 5) is 16.7. The average Bonchev–Trinajstić information content (AvgIpc) is 2.69. The minimum atomic E-state index is -0.211. The van der Waals surface area contributed by atoms with Crippen LogP contribution in [0.2, 0.25) is 0 Å². The standard InChI is InChI=1S/C23H25N3O2/c1-15-11-16(2)22(17(3)12-15)26-19-9-10-24-21(13-19)23(27)25-14-18-5-7-20(28-4)8-6-18/h5-13H,14H2,1-4H3,(H,24,26)(H,25,27). The first-order chi connectivity index (χ1) is 13.5. The van der Waals surface area contributed by atoms with E-state index in [9.17, 15) is 4.79 Å². The van der Waals surface area contributed by atoms with Crippen molar-refractivity contribution in [3.8, 4) is 5.75 Å². The van der Waals surface area contributed by atoms with Crippen LogP contribution in [0.5, 0.6) is 5.75 Å². The summed E-state index contributed by atoms with van der Waals surface area (Å²) >= 11 is 0. The third-order valence-electron chi connectivity index (χ3n) is 4.55. The molecule has 144 valence electrons. The molecule has 3 rings (SSSR count). The lowest BCUT2D eigenvalue weighted by Gasteiger charge is -2.14. The molecule has 0 radical (unpaired) electrons. The van der Waals surface area contributed by atoms with Crippen molar-refractivity contribution in [2.24, 2.45) is 0 Å². The summed E-state index contributed by atoms with van der Waals surface area (Å²) in [6.45, 7) is 6.66. The van der Waals surface area contributed by atoms with Gasteiger partial charge < -0.3 is 15.4 Å². The second-order valence-corrected chi connectivity index (χ2v) is 6.86. The molecule has 0 aliphatic rings. The number of pyridine rings is 1. The fourth-order valence-corrected chi connectivity index (χ4v) is 3.17. The molecule has 1 aromatic heterocycles. The molecule has 3 aromatic rings. The quantitative estimate of drug-likeness (QED) is 0.656. The van der Waals surface area contributed by atoms with Crippen LogP contribution in [-0.2, 0) is 6.54 Å². The number of ether oxygens (including phenoxy) is 1. The van der Waals surface area contributed by atoms with Crippen molar-refractivity contribution in [2.75, 3.05) is 12.4 Å². The topological polar surface area (TPSA) is 63.2 Å². The number of hydrogen-bond donors (Lipinski definition) is 2. The Bertz CT molecular complexity index is 958. The molecule has 0 aliphatic heterocycles. The zero-order valence-electron chi connectivity index (χ0n) is 16.7. The number of hydrogen-bond acceptors (Lipinski definition) is 4. The van der Waals surface area contributed by atoms with Crippen molar-refractivity contribution < 1.29 is 9.53 Å². The third-order valence-corrected chi connectivity index (χ3v) is 4.55. The molecule has 2 aromatic carbocycles. The summed E-state index contributed by atoms with van der Waals surface area (Å²) in [5, 5.41) is 6.32. The molecule has 28 heavy (non-hydrogen) atoms. The van der Waals surface area contributed by atoms with E-state index in [1.165, 1.54) is 16.7 Å². The molecule has 5 nitrogen and oxygen atoms in total. The maximum Gasteiger partial charge on any atom is 0.270 e. The molecule has 0 spiro atoms. The van der Waals surface area contributed by atoms with Crippen molar-refractivity contribution in [3.63, 3.8) is 0 Å². The Balaban J connectivity index is 1.69. The van der Waals surface area contributed by atoms with Gasteiger partial charge >= 0.3 is 0 Å². The number of anilines is 2. The number of nitrogens with zero attached hydrogens (tertiary/aromatic N) is 1. The number of nitrogens with one attached hydrogen (secondary N) is 2. The number of carbonyl (C=O) groups excluding carboxylic acids is 1. The van der Waals surface area contributed by atoms with Crippen LogP contribution in [0.15, 0.2) is 54.7 Å². The lowest BCUT2D eigenvalue weighted by molar-refractivity contribution is 0.0946. The van der Waals surface area contributed by atoms with E-state index in [1.54, 1.807) is 19.4 Å². The maximum atomic E-state index is 12.5. The predicted molar refractivity (Wildman–Crippen MR) is 112 cm³/mol. The van der Waals surface area contributed by atoms with E-state index in [0.717, 1.165) is 22.7 Å². The van der Waals surface area contributed by atoms with Gasteiger partial charge in [0.15, 0.2) is 0 Å². The fourth-order valence-electron chi connectivity index (χ4n) is 3.17. The molecular weight excluding hydrogens is 350 g/mol. The van der Waals surface area contributed by atoms with Crippen LogP contribution in [0, 0.1) is 20.8 Å². The second kappa shape index (κ2) is 8.57. The molecule has 1 amide bonds. The van der Waals surface area contributed by atoms with Gasteiger partial charge in [-0.05, 0) is 61.7 Å². The molecule has 0 saturated heterocycles. The molecule has 1 heterocycles. The number of aryl methyl sites for hydroxylation is 3. The maximum absolute atomic E-state index is 12.5. The Labute approximate surface area is 165 Å². The minimum absolute atomic E-state index is 0.211. The second-order valence-electron chi connectivity index (χ2n) is 6.86. The SMILES string of the molecule is COc1ccc(CNC(=O)c2cc(Nc3c(C)cc(C)cc3C)ccn2)cc1. The highest BCUT2D eigenvalue weighted by Crippen LogP contribution is 2.26. The average molecular weight is 375 g/mol. The van der Waals surface area contributed by atoms with Gasteiger partial charge in [0.1, 0.15) is 11.4 Å². The molecule has 0 fully saturated rings. The predicted octanol–water partition coefficient (Wildman–Crippen LogP) is 4.69. The van der Waals surface area contributed by atoms with Crippen LogP contribution in [0.25, 0.3) is 0 Å². The van der Waals surface area contributed by atoms with E-state index in [1.807, 2.05) is 30.3 Å². The van der Waals surface area contributed by atoms with E-state index in [-0.39, 0.29) is 5.91 Å². The highest BCUT2D eigenvalue weighted by molar-refractivity contribution is 5.93. The van der Waals surface area contributed by atoms with Crippen molar-refractivity contribution in [1.29, 1.82) is 0 Å². The third kappa shape index (κ3) is 4.68. The molecule has 0 unspecified atom stereocenters. The number of aromatic nitrogens is 1. The molecular formula is C23H25N3O2. The van der Waals surface area contributed by atoms with Gasteiger partial charge in [0.2, 0.25) is 0 Å². The zero-order chi connectivity index (χ0) is 20.1. The molecule has 0 bridgehead atoms. The van der Waals surface area contributed by atoms with E-state index < -0.39 is 0 Å². The first kappa shape index (κ1) is 19.4. The van der Waals surface area contributed by atoms with Crippen molar-refractivity contribution in [2.45, 2.75) is 27.3 Å². The monoisotopic (exact) mass is 375 g/mol. The molecule has 0 atom stereocenters. The van der Waals surface area contributed by atoms with Gasteiger partial charge in [0.25, 0.3) is 5.91 Å². The van der Waals surface area contributed by atoms with Crippen LogP contribution in [0.1, 0.15) is 32.7 Å². The van der Waals surface area contributed by atoms with E-state index >= 15 is 0 Å². The Morgan fingerprint density at radius 2 is 1.68 bits per heavy atom. The fraction of sp³-hybridized carbons (Fsp3) is 0.217. The lowest BCUT2D eigenvalue weighted by Crippen LogP contribution is -2.23. The van der Waals surface area contributed by atoms with Gasteiger partial charge in [-0.25, -0.2) is 0 Å². The van der Waals surface area contributed by atoms with Crippen molar-refractivity contribution >= 4 is 17.3 Å². The van der Waals surface area contributed by atoms with Crippen LogP contribution in [0.4, 0.5) is 11.4 Å². The molecule has 2 N–H and O–H groups in total. The summed E-state index contributed by atoms with van der Waals surface area (Å²) in [5.41, 5.74) is 6.82. The summed E-state index contributed by atoms with van der Waals surface area (Å²) in [6.07, 6.45) is 1.64. The van der Waals surface area contributed by atoms with Crippen molar-refractivity contribution in [1.82, 2.24) is 10.3 Å². The summed E-state index contributed by atoms with van der Waals surface area (Å²) in [5.74, 6) is 0.578. The molecule has 0 saturated carbocycles. The van der Waals surface area contributed by atoms with E-state index in [2.05, 4.69) is 48.5 Å². The highest BCUT2D eigenvalue weighted by atomic mass is 16.5. The van der Waals surface area contributed by atoms with E-state index in [0.29, 0.717) is 12.2 Å². The van der Waals surface area contributed by atoms with Gasteiger partial charge in [-0.2, -0.15) is 0 Å². The Hall–Kier alpha value is -3.34. The highest BCUT2D eigenvalue weighted by Gasteiger charge is 2.10. The van der Waals surface area contributed by atoms with Gasteiger partial charge in [0, 0.05) is 24.1 Å². The summed E-state index contributed by atoms with van der Waals surface area (Å²) in [6, 6.07) is 15.5. The zero-order valence-corrected chi connectivity index (χ0v) is 16.7. The minimum Gasteiger partial charge on any atom is -0.497 e. The van der Waals surface area contributed by atoms with E-state index in [4.69, 9.17) is 4.74 Å². The van der Waals surface area contributed by atoms with Gasteiger partial charge in [0.05, 0.1) is 7.11 Å². The van der Waals surface area contributed by atoms with Crippen LogP contribution < -0.4 is 15.4 Å². The number of carbonyl (C=O) groups is 1. The summed E-state index contributed by atoms with van der Waals surface area (Å²) < 4.78 is 5.15. The van der Waals surface area contributed by atoms with Gasteiger partial charge in [-0.3, -0.25) is 9.78 Å². The van der Waals surface area contributed by atoms with Crippen LogP contribution >= 0.6 is 0 Å². The first-order valence-corrected chi connectivity index (χ1v) is 9.18.